The average Bonchev–Trinajstić information content (AvgIpc) is 2.83. The Labute approximate surface area is 102 Å². The van der Waals surface area contributed by atoms with Crippen molar-refractivity contribution in [1.29, 1.82) is 0 Å². The summed E-state index contributed by atoms with van der Waals surface area (Å²) in [4.78, 5) is 14.2. The molecule has 0 N–H and O–H groups in total. The topological polar surface area (TPSA) is 38.8 Å². The van der Waals surface area contributed by atoms with Gasteiger partial charge in [-0.25, -0.2) is 0 Å². The Hall–Kier alpha value is -0.610. The summed E-state index contributed by atoms with van der Waals surface area (Å²) in [6, 6.07) is 0.756. The predicted molar refractivity (Wildman–Crippen MR) is 62.5 cm³/mol. The smallest absolute Gasteiger partial charge is 0.309 e. The monoisotopic (exact) mass is 239 g/mol. The van der Waals surface area contributed by atoms with E-state index in [1.165, 1.54) is 0 Å². The number of hydrogen-bond acceptors (Lipinski definition) is 4. The summed E-state index contributed by atoms with van der Waals surface area (Å²) >= 11 is 0. The van der Waals surface area contributed by atoms with Gasteiger partial charge in [0.2, 0.25) is 0 Å². The van der Waals surface area contributed by atoms with Crippen LogP contribution in [0.5, 0.6) is 0 Å². The molecular formula is C13H21NO3. The Bertz CT molecular complexity index is 289. The van der Waals surface area contributed by atoms with Crippen molar-refractivity contribution < 1.29 is 14.3 Å². The van der Waals surface area contributed by atoms with Crippen LogP contribution in [0, 0.1) is 17.8 Å². The molecule has 0 aromatic heterocycles. The van der Waals surface area contributed by atoms with Gasteiger partial charge in [0.05, 0.1) is 25.7 Å². The third kappa shape index (κ3) is 2.08. The summed E-state index contributed by atoms with van der Waals surface area (Å²) in [6.45, 7) is 6.39. The van der Waals surface area contributed by atoms with E-state index in [0.29, 0.717) is 6.61 Å². The van der Waals surface area contributed by atoms with E-state index in [1.54, 1.807) is 0 Å². The minimum absolute atomic E-state index is 0.00599. The van der Waals surface area contributed by atoms with E-state index in [1.807, 2.05) is 6.92 Å². The van der Waals surface area contributed by atoms with Crippen molar-refractivity contribution in [3.05, 3.63) is 0 Å². The molecule has 4 heteroatoms. The molecule has 0 aromatic rings. The molecule has 2 atom stereocenters. The van der Waals surface area contributed by atoms with E-state index < -0.39 is 0 Å². The van der Waals surface area contributed by atoms with E-state index in [9.17, 15) is 4.79 Å². The number of rotatable bonds is 3. The van der Waals surface area contributed by atoms with Crippen LogP contribution in [0.1, 0.15) is 19.8 Å². The molecule has 3 fully saturated rings. The third-order valence-corrected chi connectivity index (χ3v) is 4.48. The lowest BCUT2D eigenvalue weighted by Crippen LogP contribution is -2.40. The average molecular weight is 239 g/mol. The van der Waals surface area contributed by atoms with Crippen LogP contribution in [0.3, 0.4) is 0 Å². The minimum Gasteiger partial charge on any atom is -0.466 e. The molecule has 0 amide bonds. The Morgan fingerprint density at radius 1 is 1.29 bits per heavy atom. The molecule has 2 aliphatic heterocycles. The number of esters is 1. The summed E-state index contributed by atoms with van der Waals surface area (Å²) in [5, 5.41) is 0. The van der Waals surface area contributed by atoms with E-state index in [4.69, 9.17) is 9.47 Å². The number of ether oxygens (including phenoxy) is 2. The molecule has 2 saturated heterocycles. The Balaban J connectivity index is 1.46. The van der Waals surface area contributed by atoms with Crippen LogP contribution in [-0.2, 0) is 14.3 Å². The molecule has 2 heterocycles. The van der Waals surface area contributed by atoms with Crippen LogP contribution in [-0.4, -0.2) is 49.8 Å². The number of fused-ring (bicyclic) bond motifs is 1. The normalized spacial score (nSPS) is 37.8. The number of likely N-dealkylation sites (tertiary alicyclic amines) is 1. The molecule has 0 spiro atoms. The number of hydrogen-bond donors (Lipinski definition) is 0. The lowest BCUT2D eigenvalue weighted by Gasteiger charge is -2.32. The summed E-state index contributed by atoms with van der Waals surface area (Å²) in [5.41, 5.74) is 0. The van der Waals surface area contributed by atoms with E-state index in [-0.39, 0.29) is 11.9 Å². The van der Waals surface area contributed by atoms with Crippen molar-refractivity contribution in [2.45, 2.75) is 25.8 Å². The molecule has 1 aliphatic carbocycles. The zero-order chi connectivity index (χ0) is 11.8. The standard InChI is InChI=1S/C13H21NO3/c1-2-17-13(15)9-3-5-14(6-4-9)12-10-7-16-8-11(10)12/h9-12H,2-8H2,1H3. The first kappa shape index (κ1) is 11.5. The van der Waals surface area contributed by atoms with Gasteiger partial charge in [0.25, 0.3) is 0 Å². The van der Waals surface area contributed by atoms with Gasteiger partial charge in [0.15, 0.2) is 0 Å². The molecular weight excluding hydrogens is 218 g/mol. The van der Waals surface area contributed by atoms with Crippen molar-refractivity contribution in [2.75, 3.05) is 32.9 Å². The van der Waals surface area contributed by atoms with Crippen molar-refractivity contribution in [3.8, 4) is 0 Å². The highest BCUT2D eigenvalue weighted by Crippen LogP contribution is 2.48. The maximum absolute atomic E-state index is 11.6. The summed E-state index contributed by atoms with van der Waals surface area (Å²) in [5.74, 6) is 1.72. The van der Waals surface area contributed by atoms with Crippen molar-refractivity contribution >= 4 is 5.97 Å². The molecule has 2 unspecified atom stereocenters. The van der Waals surface area contributed by atoms with Crippen molar-refractivity contribution in [1.82, 2.24) is 4.90 Å². The van der Waals surface area contributed by atoms with Crippen LogP contribution in [0.15, 0.2) is 0 Å². The molecule has 1 saturated carbocycles. The molecule has 0 radical (unpaired) electrons. The fraction of sp³-hybridized carbons (Fsp3) is 0.923. The van der Waals surface area contributed by atoms with Crippen molar-refractivity contribution in [3.63, 3.8) is 0 Å². The van der Waals surface area contributed by atoms with E-state index >= 15 is 0 Å². The summed E-state index contributed by atoms with van der Waals surface area (Å²) in [6.07, 6.45) is 1.94. The SMILES string of the molecule is CCOC(=O)C1CCN(C2C3COCC32)CC1. The van der Waals surface area contributed by atoms with Crippen LogP contribution in [0.25, 0.3) is 0 Å². The lowest BCUT2D eigenvalue weighted by atomic mass is 9.97. The van der Waals surface area contributed by atoms with Gasteiger partial charge in [-0.2, -0.15) is 0 Å². The van der Waals surface area contributed by atoms with Gasteiger partial charge in [-0.1, -0.05) is 0 Å². The van der Waals surface area contributed by atoms with E-state index in [0.717, 1.165) is 57.0 Å². The van der Waals surface area contributed by atoms with Gasteiger partial charge in [-0.05, 0) is 32.9 Å². The quantitative estimate of drug-likeness (QED) is 0.686. The van der Waals surface area contributed by atoms with Gasteiger partial charge < -0.3 is 9.47 Å². The highest BCUT2D eigenvalue weighted by Gasteiger charge is 2.56. The van der Waals surface area contributed by atoms with Crippen LogP contribution < -0.4 is 0 Å². The zero-order valence-electron chi connectivity index (χ0n) is 10.4. The van der Waals surface area contributed by atoms with Crippen molar-refractivity contribution in [2.24, 2.45) is 17.8 Å². The van der Waals surface area contributed by atoms with Gasteiger partial charge in [0, 0.05) is 17.9 Å². The molecule has 3 aliphatic rings. The first-order valence-electron chi connectivity index (χ1n) is 6.79. The summed E-state index contributed by atoms with van der Waals surface area (Å²) < 4.78 is 10.5. The maximum atomic E-state index is 11.6. The first-order chi connectivity index (χ1) is 8.31. The van der Waals surface area contributed by atoms with Crippen LogP contribution in [0.2, 0.25) is 0 Å². The Morgan fingerprint density at radius 3 is 2.53 bits per heavy atom. The highest BCUT2D eigenvalue weighted by molar-refractivity contribution is 5.72. The first-order valence-corrected chi connectivity index (χ1v) is 6.79. The fourth-order valence-corrected chi connectivity index (χ4v) is 3.44. The predicted octanol–water partition coefficient (Wildman–Crippen LogP) is 0.906. The second kappa shape index (κ2) is 4.58. The molecule has 0 aromatic carbocycles. The van der Waals surface area contributed by atoms with Gasteiger partial charge in [-0.15, -0.1) is 0 Å². The highest BCUT2D eigenvalue weighted by atomic mass is 16.5. The summed E-state index contributed by atoms with van der Waals surface area (Å²) in [7, 11) is 0. The van der Waals surface area contributed by atoms with E-state index in [2.05, 4.69) is 4.90 Å². The fourth-order valence-electron chi connectivity index (χ4n) is 3.44. The number of carbonyl (C=O) groups is 1. The van der Waals surface area contributed by atoms with Gasteiger partial charge in [0.1, 0.15) is 0 Å². The zero-order valence-corrected chi connectivity index (χ0v) is 10.4. The largest absolute Gasteiger partial charge is 0.466 e. The number of carbonyl (C=O) groups excluding carboxylic acids is 1. The third-order valence-electron chi connectivity index (χ3n) is 4.48. The number of nitrogens with zero attached hydrogens (tertiary/aromatic N) is 1. The Morgan fingerprint density at radius 2 is 1.94 bits per heavy atom. The van der Waals surface area contributed by atoms with Gasteiger partial charge in [-0.3, -0.25) is 9.69 Å². The van der Waals surface area contributed by atoms with Gasteiger partial charge >= 0.3 is 5.97 Å². The maximum Gasteiger partial charge on any atom is 0.309 e. The molecule has 17 heavy (non-hydrogen) atoms. The molecule has 96 valence electrons. The second-order valence-electron chi connectivity index (χ2n) is 5.42. The molecule has 0 bridgehead atoms. The molecule has 4 nitrogen and oxygen atoms in total. The lowest BCUT2D eigenvalue weighted by molar-refractivity contribution is -0.149. The second-order valence-corrected chi connectivity index (χ2v) is 5.42. The van der Waals surface area contributed by atoms with Crippen LogP contribution in [0.4, 0.5) is 0 Å². The Kier molecular flexibility index (Phi) is 3.09. The molecule has 3 rings (SSSR count). The minimum atomic E-state index is 0.00599. The van der Waals surface area contributed by atoms with Crippen LogP contribution >= 0.6 is 0 Å². The number of piperidine rings is 1.